The highest BCUT2D eigenvalue weighted by molar-refractivity contribution is 5.93. The Kier molecular flexibility index (Phi) is 7.42. The van der Waals surface area contributed by atoms with Crippen LogP contribution in [0.25, 0.3) is 6.08 Å². The molecule has 6 nitrogen and oxygen atoms in total. The van der Waals surface area contributed by atoms with Gasteiger partial charge in [-0.25, -0.2) is 9.59 Å². The lowest BCUT2D eigenvalue weighted by atomic mass is 10.1. The first-order valence-electron chi connectivity index (χ1n) is 9.11. The van der Waals surface area contributed by atoms with Crippen LogP contribution in [-0.4, -0.2) is 31.8 Å². The second kappa shape index (κ2) is 9.78. The number of carbonyl (C=O) groups is 2. The second-order valence-corrected chi connectivity index (χ2v) is 7.22. The zero-order valence-electron chi connectivity index (χ0n) is 17.4. The Labute approximate surface area is 171 Å². The van der Waals surface area contributed by atoms with Gasteiger partial charge < -0.3 is 18.9 Å². The lowest BCUT2D eigenvalue weighted by molar-refractivity contribution is -0.148. The van der Waals surface area contributed by atoms with Crippen molar-refractivity contribution >= 4 is 18.0 Å². The molecule has 0 unspecified atom stereocenters. The Hall–Kier alpha value is -3.28. The quantitative estimate of drug-likeness (QED) is 0.508. The van der Waals surface area contributed by atoms with Gasteiger partial charge in [0, 0.05) is 6.08 Å². The highest BCUT2D eigenvalue weighted by atomic mass is 16.6. The van der Waals surface area contributed by atoms with Crippen LogP contribution in [0.4, 0.5) is 0 Å². The normalized spacial score (nSPS) is 11.2. The van der Waals surface area contributed by atoms with Gasteiger partial charge in [-0.2, -0.15) is 0 Å². The van der Waals surface area contributed by atoms with E-state index in [0.717, 1.165) is 5.56 Å². The van der Waals surface area contributed by atoms with E-state index in [2.05, 4.69) is 0 Å². The minimum atomic E-state index is -0.604. The van der Waals surface area contributed by atoms with E-state index >= 15 is 0 Å². The summed E-state index contributed by atoms with van der Waals surface area (Å²) in [6, 6.07) is 12.7. The van der Waals surface area contributed by atoms with E-state index < -0.39 is 17.5 Å². The van der Waals surface area contributed by atoms with Crippen molar-refractivity contribution in [1.82, 2.24) is 0 Å². The topological polar surface area (TPSA) is 71.1 Å². The molecule has 6 heteroatoms. The zero-order chi connectivity index (χ0) is 21.4. The van der Waals surface area contributed by atoms with E-state index in [1.807, 2.05) is 30.3 Å². The smallest absolute Gasteiger partial charge is 0.338 e. The molecule has 0 spiro atoms. The standard InChI is InChI=1S/C23H26O6/c1-23(2,3)29-21(24)12-11-18-19(26-4)13-17(22(25)27-5)14-20(18)28-15-16-9-7-6-8-10-16/h6-14H,15H2,1-5H3/b12-11+. The van der Waals surface area contributed by atoms with Gasteiger partial charge in [0.1, 0.15) is 23.7 Å². The van der Waals surface area contributed by atoms with Crippen LogP contribution in [0, 0.1) is 0 Å². The number of hydrogen-bond donors (Lipinski definition) is 0. The van der Waals surface area contributed by atoms with Crippen molar-refractivity contribution in [1.29, 1.82) is 0 Å². The molecule has 0 aliphatic carbocycles. The highest BCUT2D eigenvalue weighted by Crippen LogP contribution is 2.33. The molecule has 2 aromatic rings. The molecule has 29 heavy (non-hydrogen) atoms. The fourth-order valence-corrected chi connectivity index (χ4v) is 2.51. The summed E-state index contributed by atoms with van der Waals surface area (Å²) in [5.74, 6) is -0.259. The number of ether oxygens (including phenoxy) is 4. The molecule has 0 aliphatic rings. The molecule has 0 N–H and O–H groups in total. The average molecular weight is 398 g/mol. The van der Waals surface area contributed by atoms with Crippen molar-refractivity contribution in [3.63, 3.8) is 0 Å². The van der Waals surface area contributed by atoms with Crippen LogP contribution in [0.1, 0.15) is 42.3 Å². The molecule has 0 bridgehead atoms. The Balaban J connectivity index is 2.40. The van der Waals surface area contributed by atoms with Gasteiger partial charge in [0.2, 0.25) is 0 Å². The molecular weight excluding hydrogens is 372 g/mol. The first-order valence-corrected chi connectivity index (χ1v) is 9.11. The number of methoxy groups -OCH3 is 2. The number of benzene rings is 2. The average Bonchev–Trinajstić information content (AvgIpc) is 2.69. The minimum Gasteiger partial charge on any atom is -0.496 e. The number of hydrogen-bond acceptors (Lipinski definition) is 6. The number of rotatable bonds is 7. The summed E-state index contributed by atoms with van der Waals surface area (Å²) in [4.78, 5) is 24.1. The Bertz CT molecular complexity index is 878. The van der Waals surface area contributed by atoms with Gasteiger partial charge in [0.15, 0.2) is 0 Å². The summed E-state index contributed by atoms with van der Waals surface area (Å²) >= 11 is 0. The van der Waals surface area contributed by atoms with Gasteiger partial charge in [-0.15, -0.1) is 0 Å². The summed E-state index contributed by atoms with van der Waals surface area (Å²) in [5, 5.41) is 0. The van der Waals surface area contributed by atoms with Crippen LogP contribution < -0.4 is 9.47 Å². The maximum Gasteiger partial charge on any atom is 0.338 e. The van der Waals surface area contributed by atoms with Gasteiger partial charge in [0.05, 0.1) is 25.3 Å². The third kappa shape index (κ3) is 6.68. The molecular formula is C23H26O6. The third-order valence-electron chi connectivity index (χ3n) is 3.78. The van der Waals surface area contributed by atoms with Crippen LogP contribution in [0.15, 0.2) is 48.5 Å². The Morgan fingerprint density at radius 2 is 1.66 bits per heavy atom. The van der Waals surface area contributed by atoms with E-state index in [1.165, 1.54) is 26.4 Å². The van der Waals surface area contributed by atoms with Crippen molar-refractivity contribution < 1.29 is 28.5 Å². The van der Waals surface area contributed by atoms with Crippen molar-refractivity contribution in [3.8, 4) is 11.5 Å². The minimum absolute atomic E-state index is 0.279. The summed E-state index contributed by atoms with van der Waals surface area (Å²) in [6.07, 6.45) is 2.85. The zero-order valence-corrected chi connectivity index (χ0v) is 17.4. The molecule has 2 aromatic carbocycles. The lowest BCUT2D eigenvalue weighted by Gasteiger charge is -2.18. The van der Waals surface area contributed by atoms with E-state index in [4.69, 9.17) is 18.9 Å². The first kappa shape index (κ1) is 22.0. The molecule has 0 atom stereocenters. The van der Waals surface area contributed by atoms with Crippen molar-refractivity contribution in [2.24, 2.45) is 0 Å². The lowest BCUT2D eigenvalue weighted by Crippen LogP contribution is -2.22. The van der Waals surface area contributed by atoms with Crippen LogP contribution in [0.2, 0.25) is 0 Å². The van der Waals surface area contributed by atoms with Crippen LogP contribution in [-0.2, 0) is 20.9 Å². The molecule has 0 radical (unpaired) electrons. The molecule has 0 fully saturated rings. The van der Waals surface area contributed by atoms with Gasteiger partial charge in [-0.3, -0.25) is 0 Å². The predicted molar refractivity (Wildman–Crippen MR) is 110 cm³/mol. The summed E-state index contributed by atoms with van der Waals surface area (Å²) in [5.41, 5.74) is 1.15. The van der Waals surface area contributed by atoms with Crippen molar-refractivity contribution in [2.75, 3.05) is 14.2 Å². The summed E-state index contributed by atoms with van der Waals surface area (Å²) in [7, 11) is 2.78. The van der Waals surface area contributed by atoms with Crippen molar-refractivity contribution in [2.45, 2.75) is 33.0 Å². The predicted octanol–water partition coefficient (Wildman–Crippen LogP) is 4.42. The highest BCUT2D eigenvalue weighted by Gasteiger charge is 2.18. The van der Waals surface area contributed by atoms with Gasteiger partial charge >= 0.3 is 11.9 Å². The first-order chi connectivity index (χ1) is 13.7. The number of esters is 2. The van der Waals surface area contributed by atoms with Crippen LogP contribution in [0.3, 0.4) is 0 Å². The molecule has 0 aliphatic heterocycles. The van der Waals surface area contributed by atoms with Gasteiger partial charge in [0.25, 0.3) is 0 Å². The fourth-order valence-electron chi connectivity index (χ4n) is 2.51. The maximum atomic E-state index is 12.1. The molecule has 154 valence electrons. The van der Waals surface area contributed by atoms with E-state index in [1.54, 1.807) is 32.9 Å². The second-order valence-electron chi connectivity index (χ2n) is 7.22. The van der Waals surface area contributed by atoms with E-state index in [9.17, 15) is 9.59 Å². The van der Waals surface area contributed by atoms with Crippen LogP contribution in [0.5, 0.6) is 11.5 Å². The maximum absolute atomic E-state index is 12.1. The number of carbonyl (C=O) groups excluding carboxylic acids is 2. The Morgan fingerprint density at radius 1 is 1.00 bits per heavy atom. The largest absolute Gasteiger partial charge is 0.496 e. The van der Waals surface area contributed by atoms with E-state index in [0.29, 0.717) is 17.1 Å². The third-order valence-corrected chi connectivity index (χ3v) is 3.78. The monoisotopic (exact) mass is 398 g/mol. The molecule has 0 heterocycles. The molecule has 2 rings (SSSR count). The Morgan fingerprint density at radius 3 is 2.24 bits per heavy atom. The summed E-state index contributed by atoms with van der Waals surface area (Å²) < 4.78 is 21.5. The summed E-state index contributed by atoms with van der Waals surface area (Å²) in [6.45, 7) is 5.65. The van der Waals surface area contributed by atoms with Crippen molar-refractivity contribution in [3.05, 3.63) is 65.2 Å². The SMILES string of the molecule is COC(=O)c1cc(OC)c(/C=C/C(=O)OC(C)(C)C)c(OCc2ccccc2)c1. The fraction of sp³-hybridized carbons (Fsp3) is 0.304. The molecule has 0 amide bonds. The molecule has 0 saturated heterocycles. The molecule has 0 saturated carbocycles. The van der Waals surface area contributed by atoms with E-state index in [-0.39, 0.29) is 12.2 Å². The van der Waals surface area contributed by atoms with Crippen LogP contribution >= 0.6 is 0 Å². The van der Waals surface area contributed by atoms with Gasteiger partial charge in [-0.05, 0) is 44.5 Å². The van der Waals surface area contributed by atoms with Gasteiger partial charge in [-0.1, -0.05) is 30.3 Å². The molecule has 0 aromatic heterocycles.